The minimum Gasteiger partial charge on any atom is -0.505 e. The van der Waals surface area contributed by atoms with E-state index in [0.717, 1.165) is 0 Å². The Balaban J connectivity index is 3.45. The second kappa shape index (κ2) is 3.95. The van der Waals surface area contributed by atoms with Crippen molar-refractivity contribution >= 4 is 12.0 Å². The van der Waals surface area contributed by atoms with Gasteiger partial charge >= 0.3 is 5.69 Å². The number of pyridine rings is 1. The molecule has 0 unspecified atom stereocenters. The van der Waals surface area contributed by atoms with Gasteiger partial charge in [0.15, 0.2) is 12.0 Å². The van der Waals surface area contributed by atoms with Crippen molar-refractivity contribution in [2.45, 2.75) is 6.43 Å². The first-order valence-corrected chi connectivity index (χ1v) is 3.58. The van der Waals surface area contributed by atoms with Gasteiger partial charge in [-0.2, -0.15) is 0 Å². The number of aromatic nitrogens is 1. The van der Waals surface area contributed by atoms with Gasteiger partial charge in [0.25, 0.3) is 6.43 Å². The first-order chi connectivity index (χ1) is 6.99. The van der Waals surface area contributed by atoms with Gasteiger partial charge in [-0.05, 0) is 0 Å². The van der Waals surface area contributed by atoms with Crippen LogP contribution in [0.25, 0.3) is 0 Å². The molecule has 6 nitrogen and oxygen atoms in total. The maximum Gasteiger partial charge on any atom is 0.301 e. The van der Waals surface area contributed by atoms with Gasteiger partial charge in [0.05, 0.1) is 4.92 Å². The summed E-state index contributed by atoms with van der Waals surface area (Å²) >= 11 is 0. The predicted octanol–water partition coefficient (Wildman–Crippen LogP) is 1.45. The van der Waals surface area contributed by atoms with Crippen molar-refractivity contribution in [3.8, 4) is 5.75 Å². The summed E-state index contributed by atoms with van der Waals surface area (Å²) in [6.07, 6.45) is -2.67. The Morgan fingerprint density at radius 2 is 2.20 bits per heavy atom. The van der Waals surface area contributed by atoms with E-state index in [-0.39, 0.29) is 6.29 Å². The minimum absolute atomic E-state index is 0.0684. The van der Waals surface area contributed by atoms with Gasteiger partial charge in [-0.25, -0.2) is 13.8 Å². The van der Waals surface area contributed by atoms with Gasteiger partial charge in [-0.15, -0.1) is 0 Å². The molecule has 0 aliphatic rings. The van der Waals surface area contributed by atoms with Crippen LogP contribution in [0.3, 0.4) is 0 Å². The standard InChI is InChI=1S/C7H4F2N2O4/c8-7(9)5-6(13)3(2-12)4(1-10-5)11(14)15/h1-2,7,13H. The van der Waals surface area contributed by atoms with Crippen LogP contribution in [0.4, 0.5) is 14.5 Å². The van der Waals surface area contributed by atoms with Crippen molar-refractivity contribution in [1.82, 2.24) is 4.98 Å². The van der Waals surface area contributed by atoms with Crippen LogP contribution in [-0.4, -0.2) is 21.3 Å². The highest BCUT2D eigenvalue weighted by Crippen LogP contribution is 2.32. The lowest BCUT2D eigenvalue weighted by molar-refractivity contribution is -0.385. The summed E-state index contributed by atoms with van der Waals surface area (Å²) in [5.74, 6) is -1.16. The first-order valence-electron chi connectivity index (χ1n) is 3.58. The van der Waals surface area contributed by atoms with E-state index >= 15 is 0 Å². The lowest BCUT2D eigenvalue weighted by Crippen LogP contribution is -2.00. The molecule has 0 aliphatic heterocycles. The quantitative estimate of drug-likeness (QED) is 0.470. The second-order valence-electron chi connectivity index (χ2n) is 2.47. The molecule has 0 spiro atoms. The molecule has 80 valence electrons. The summed E-state index contributed by atoms with van der Waals surface area (Å²) in [6, 6.07) is 0. The molecule has 1 aromatic heterocycles. The number of aromatic hydroxyl groups is 1. The van der Waals surface area contributed by atoms with Gasteiger partial charge in [-0.3, -0.25) is 14.9 Å². The third kappa shape index (κ3) is 1.87. The van der Waals surface area contributed by atoms with Crippen LogP contribution in [0, 0.1) is 10.1 Å². The topological polar surface area (TPSA) is 93.3 Å². The Labute approximate surface area is 81.3 Å². The molecule has 0 radical (unpaired) electrons. The Morgan fingerprint density at radius 1 is 1.60 bits per heavy atom. The third-order valence-corrected chi connectivity index (χ3v) is 1.62. The Hall–Kier alpha value is -2.12. The SMILES string of the molecule is O=Cc1c([N+](=O)[O-])cnc(C(F)F)c1O. The average Bonchev–Trinajstić information content (AvgIpc) is 2.16. The third-order valence-electron chi connectivity index (χ3n) is 1.62. The van der Waals surface area contributed by atoms with Gasteiger partial charge in [0, 0.05) is 0 Å². The molecule has 1 aromatic rings. The number of carbonyl (C=O) groups is 1. The van der Waals surface area contributed by atoms with Crippen molar-refractivity contribution in [3.05, 3.63) is 27.6 Å². The van der Waals surface area contributed by atoms with Gasteiger partial charge < -0.3 is 5.11 Å². The molecule has 8 heteroatoms. The number of rotatable bonds is 3. The van der Waals surface area contributed by atoms with Crippen molar-refractivity contribution in [2.24, 2.45) is 0 Å². The number of halogens is 2. The Morgan fingerprint density at radius 3 is 2.60 bits per heavy atom. The largest absolute Gasteiger partial charge is 0.505 e. The fourth-order valence-corrected chi connectivity index (χ4v) is 0.942. The van der Waals surface area contributed by atoms with Gasteiger partial charge in [0.2, 0.25) is 0 Å². The fraction of sp³-hybridized carbons (Fsp3) is 0.143. The summed E-state index contributed by atoms with van der Waals surface area (Å²) in [5, 5.41) is 19.4. The van der Waals surface area contributed by atoms with Crippen LogP contribution in [0.5, 0.6) is 5.75 Å². The molecule has 1 heterocycles. The molecule has 0 bridgehead atoms. The van der Waals surface area contributed by atoms with Crippen molar-refractivity contribution in [3.63, 3.8) is 0 Å². The zero-order valence-corrected chi connectivity index (χ0v) is 7.05. The van der Waals surface area contributed by atoms with Crippen LogP contribution >= 0.6 is 0 Å². The molecule has 0 amide bonds. The summed E-state index contributed by atoms with van der Waals surface area (Å²) in [6.45, 7) is 0. The van der Waals surface area contributed by atoms with E-state index in [4.69, 9.17) is 5.11 Å². The fourth-order valence-electron chi connectivity index (χ4n) is 0.942. The van der Waals surface area contributed by atoms with Gasteiger partial charge in [-0.1, -0.05) is 0 Å². The molecule has 0 saturated heterocycles. The van der Waals surface area contributed by atoms with Gasteiger partial charge in [0.1, 0.15) is 17.5 Å². The summed E-state index contributed by atoms with van der Waals surface area (Å²) in [7, 11) is 0. The molecule has 0 aliphatic carbocycles. The van der Waals surface area contributed by atoms with Crippen molar-refractivity contribution < 1.29 is 23.6 Å². The smallest absolute Gasteiger partial charge is 0.301 e. The maximum absolute atomic E-state index is 12.2. The van der Waals surface area contributed by atoms with E-state index in [1.807, 2.05) is 0 Å². The van der Waals surface area contributed by atoms with Crippen molar-refractivity contribution in [1.29, 1.82) is 0 Å². The summed E-state index contributed by atoms with van der Waals surface area (Å²) < 4.78 is 24.3. The van der Waals surface area contributed by atoms with Crippen LogP contribution < -0.4 is 0 Å². The molecule has 1 rings (SSSR count). The molecule has 0 saturated carbocycles. The number of nitro groups is 1. The summed E-state index contributed by atoms with van der Waals surface area (Å²) in [5.41, 5.74) is -2.67. The predicted molar refractivity (Wildman–Crippen MR) is 42.9 cm³/mol. The summed E-state index contributed by atoms with van der Waals surface area (Å²) in [4.78, 5) is 22.7. The van der Waals surface area contributed by atoms with E-state index in [1.54, 1.807) is 0 Å². The average molecular weight is 218 g/mol. The number of nitrogens with zero attached hydrogens (tertiary/aromatic N) is 2. The lowest BCUT2D eigenvalue weighted by atomic mass is 10.2. The number of aldehydes is 1. The maximum atomic E-state index is 12.2. The molecule has 1 N–H and O–H groups in total. The van der Waals surface area contributed by atoms with E-state index in [1.165, 1.54) is 0 Å². The van der Waals surface area contributed by atoms with Crippen LogP contribution in [0.1, 0.15) is 22.5 Å². The van der Waals surface area contributed by atoms with Crippen LogP contribution in [0.2, 0.25) is 0 Å². The Bertz CT molecular complexity index is 422. The minimum atomic E-state index is -3.11. The van der Waals surface area contributed by atoms with Crippen LogP contribution in [-0.2, 0) is 0 Å². The zero-order valence-electron chi connectivity index (χ0n) is 7.05. The van der Waals surface area contributed by atoms with E-state index < -0.39 is 34.0 Å². The normalized spacial score (nSPS) is 10.3. The highest BCUT2D eigenvalue weighted by atomic mass is 19.3. The molecule has 0 fully saturated rings. The Kier molecular flexibility index (Phi) is 2.88. The molecular formula is C7H4F2N2O4. The van der Waals surface area contributed by atoms with E-state index in [2.05, 4.69) is 4.98 Å². The molecule has 0 atom stereocenters. The first kappa shape index (κ1) is 11.0. The number of hydrogen-bond donors (Lipinski definition) is 1. The number of hydrogen-bond acceptors (Lipinski definition) is 5. The molecule has 15 heavy (non-hydrogen) atoms. The molecule has 0 aromatic carbocycles. The number of carbonyl (C=O) groups excluding carboxylic acids is 1. The number of alkyl halides is 2. The molecular weight excluding hydrogens is 214 g/mol. The highest BCUT2D eigenvalue weighted by molar-refractivity contribution is 5.85. The second-order valence-corrected chi connectivity index (χ2v) is 2.47. The van der Waals surface area contributed by atoms with Crippen LogP contribution in [0.15, 0.2) is 6.20 Å². The zero-order chi connectivity index (χ0) is 11.6. The van der Waals surface area contributed by atoms with E-state index in [0.29, 0.717) is 6.20 Å². The van der Waals surface area contributed by atoms with Crippen molar-refractivity contribution in [2.75, 3.05) is 0 Å². The van der Waals surface area contributed by atoms with E-state index in [9.17, 15) is 23.7 Å². The lowest BCUT2D eigenvalue weighted by Gasteiger charge is -2.04. The monoisotopic (exact) mass is 218 g/mol. The highest BCUT2D eigenvalue weighted by Gasteiger charge is 2.25.